The minimum Gasteiger partial charge on any atom is -0.493 e. The lowest BCUT2D eigenvalue weighted by Crippen LogP contribution is -2.15. The van der Waals surface area contributed by atoms with E-state index in [9.17, 15) is 4.39 Å². The van der Waals surface area contributed by atoms with Gasteiger partial charge >= 0.3 is 0 Å². The summed E-state index contributed by atoms with van der Waals surface area (Å²) in [6.07, 6.45) is 19.1. The van der Waals surface area contributed by atoms with Crippen LogP contribution >= 0.6 is 0 Å². The first-order valence-electron chi connectivity index (χ1n) is 11.6. The zero-order valence-electron chi connectivity index (χ0n) is 17.7. The van der Waals surface area contributed by atoms with Gasteiger partial charge in [0.2, 0.25) is 0 Å². The highest BCUT2D eigenvalue weighted by Crippen LogP contribution is 2.34. The van der Waals surface area contributed by atoms with Gasteiger partial charge in [0.15, 0.2) is 0 Å². The van der Waals surface area contributed by atoms with Crippen LogP contribution in [0.4, 0.5) is 4.39 Å². The first-order chi connectivity index (χ1) is 13.7. The molecule has 0 heterocycles. The molecule has 2 nitrogen and oxygen atoms in total. The standard InChI is InChI=1S/C25H38FNO/c1-2-3-4-5-6-7-8-10-21-12-14-22(15-13-21)11-9-18-28-24-17-16-23(20-27)25(26)19-24/h16-17,19,21-22H,2-15,18H2,1H3. The average Bonchev–Trinajstić information content (AvgIpc) is 2.71. The predicted octanol–water partition coefficient (Wildman–Crippen LogP) is 7.80. The molecule has 0 atom stereocenters. The molecule has 0 spiro atoms. The largest absolute Gasteiger partial charge is 0.493 e. The molecule has 1 fully saturated rings. The van der Waals surface area contributed by atoms with E-state index in [4.69, 9.17) is 10.00 Å². The van der Waals surface area contributed by atoms with Crippen molar-refractivity contribution in [3.05, 3.63) is 29.6 Å². The fraction of sp³-hybridized carbons (Fsp3) is 0.720. The van der Waals surface area contributed by atoms with E-state index in [1.165, 1.54) is 95.6 Å². The van der Waals surface area contributed by atoms with E-state index < -0.39 is 5.82 Å². The van der Waals surface area contributed by atoms with Gasteiger partial charge in [-0.2, -0.15) is 5.26 Å². The number of rotatable bonds is 13. The van der Waals surface area contributed by atoms with Gasteiger partial charge in [0.1, 0.15) is 17.6 Å². The molecule has 1 aromatic carbocycles. The van der Waals surface area contributed by atoms with Crippen molar-refractivity contribution in [2.24, 2.45) is 11.8 Å². The van der Waals surface area contributed by atoms with Gasteiger partial charge in [-0.3, -0.25) is 0 Å². The third kappa shape index (κ3) is 8.63. The van der Waals surface area contributed by atoms with Gasteiger partial charge in [-0.15, -0.1) is 0 Å². The maximum absolute atomic E-state index is 13.6. The van der Waals surface area contributed by atoms with E-state index in [-0.39, 0.29) is 5.56 Å². The molecule has 28 heavy (non-hydrogen) atoms. The Bertz CT molecular complexity index is 587. The summed E-state index contributed by atoms with van der Waals surface area (Å²) in [6.45, 7) is 2.91. The molecule has 2 rings (SSSR count). The van der Waals surface area contributed by atoms with Crippen molar-refractivity contribution >= 4 is 0 Å². The highest BCUT2D eigenvalue weighted by Gasteiger charge is 2.20. The van der Waals surface area contributed by atoms with Gasteiger partial charge < -0.3 is 4.74 Å². The molecular formula is C25H38FNO. The van der Waals surface area contributed by atoms with Crippen LogP contribution in [0.25, 0.3) is 0 Å². The Balaban J connectivity index is 1.49. The summed E-state index contributed by atoms with van der Waals surface area (Å²) in [7, 11) is 0. The van der Waals surface area contributed by atoms with E-state index in [1.807, 2.05) is 6.07 Å². The third-order valence-corrected chi connectivity index (χ3v) is 6.27. The van der Waals surface area contributed by atoms with Gasteiger partial charge in [-0.1, -0.05) is 84.0 Å². The highest BCUT2D eigenvalue weighted by atomic mass is 19.1. The second-order valence-electron chi connectivity index (χ2n) is 8.54. The molecule has 156 valence electrons. The first-order valence-corrected chi connectivity index (χ1v) is 11.6. The van der Waals surface area contributed by atoms with Crippen molar-refractivity contribution in [1.82, 2.24) is 0 Å². The van der Waals surface area contributed by atoms with E-state index in [0.717, 1.165) is 18.3 Å². The summed E-state index contributed by atoms with van der Waals surface area (Å²) in [5, 5.41) is 8.76. The Hall–Kier alpha value is -1.56. The molecule has 0 radical (unpaired) electrons. The van der Waals surface area contributed by atoms with Crippen LogP contribution in [0.15, 0.2) is 18.2 Å². The Morgan fingerprint density at radius 1 is 0.929 bits per heavy atom. The normalized spacial score (nSPS) is 19.3. The lowest BCUT2D eigenvalue weighted by Gasteiger charge is -2.28. The highest BCUT2D eigenvalue weighted by molar-refractivity contribution is 5.36. The Morgan fingerprint density at radius 3 is 2.14 bits per heavy atom. The zero-order valence-corrected chi connectivity index (χ0v) is 17.7. The van der Waals surface area contributed by atoms with Gasteiger partial charge in [-0.05, 0) is 36.8 Å². The summed E-state index contributed by atoms with van der Waals surface area (Å²) in [5.41, 5.74) is 0.0700. The van der Waals surface area contributed by atoms with Crippen molar-refractivity contribution in [2.75, 3.05) is 6.61 Å². The van der Waals surface area contributed by atoms with Crippen LogP contribution in [0.1, 0.15) is 102 Å². The summed E-state index contributed by atoms with van der Waals surface area (Å²) < 4.78 is 19.2. The third-order valence-electron chi connectivity index (χ3n) is 6.27. The Labute approximate surface area is 171 Å². The van der Waals surface area contributed by atoms with E-state index in [1.54, 1.807) is 6.07 Å². The SMILES string of the molecule is CCCCCCCCCC1CCC(CCCOc2ccc(C#N)c(F)c2)CC1. The number of unbranched alkanes of at least 4 members (excludes halogenated alkanes) is 6. The molecule has 0 aromatic heterocycles. The van der Waals surface area contributed by atoms with Crippen LogP contribution < -0.4 is 4.74 Å². The number of hydrogen-bond donors (Lipinski definition) is 0. The summed E-state index contributed by atoms with van der Waals surface area (Å²) in [6, 6.07) is 6.31. The van der Waals surface area contributed by atoms with Gasteiger partial charge in [-0.25, -0.2) is 4.39 Å². The molecule has 0 bridgehead atoms. The lowest BCUT2D eigenvalue weighted by molar-refractivity contribution is 0.227. The number of halogens is 1. The fourth-order valence-corrected chi connectivity index (χ4v) is 4.44. The molecule has 1 saturated carbocycles. The van der Waals surface area contributed by atoms with E-state index >= 15 is 0 Å². The van der Waals surface area contributed by atoms with Crippen molar-refractivity contribution in [3.63, 3.8) is 0 Å². The lowest BCUT2D eigenvalue weighted by atomic mass is 9.78. The van der Waals surface area contributed by atoms with Crippen LogP contribution in [0, 0.1) is 29.0 Å². The molecule has 0 aliphatic heterocycles. The van der Waals surface area contributed by atoms with E-state index in [0.29, 0.717) is 12.4 Å². The van der Waals surface area contributed by atoms with Crippen molar-refractivity contribution < 1.29 is 9.13 Å². The number of hydrogen-bond acceptors (Lipinski definition) is 2. The van der Waals surface area contributed by atoms with Crippen molar-refractivity contribution in [3.8, 4) is 11.8 Å². The molecule has 0 unspecified atom stereocenters. The van der Waals surface area contributed by atoms with Gasteiger partial charge in [0.25, 0.3) is 0 Å². The molecule has 0 amide bonds. The molecular weight excluding hydrogens is 349 g/mol. The number of nitriles is 1. The maximum Gasteiger partial charge on any atom is 0.144 e. The predicted molar refractivity (Wildman–Crippen MR) is 114 cm³/mol. The minimum atomic E-state index is -0.501. The number of ether oxygens (including phenoxy) is 1. The second kappa shape index (κ2) is 13.6. The Kier molecular flexibility index (Phi) is 11.0. The van der Waals surface area contributed by atoms with Gasteiger partial charge in [0.05, 0.1) is 12.2 Å². The molecule has 1 aliphatic rings. The quantitative estimate of drug-likeness (QED) is 0.323. The monoisotopic (exact) mass is 387 g/mol. The summed E-state index contributed by atoms with van der Waals surface area (Å²) in [4.78, 5) is 0. The number of nitrogens with zero attached hydrogens (tertiary/aromatic N) is 1. The molecule has 1 aliphatic carbocycles. The van der Waals surface area contributed by atoms with Crippen molar-refractivity contribution in [1.29, 1.82) is 5.26 Å². The van der Waals surface area contributed by atoms with Crippen molar-refractivity contribution in [2.45, 2.75) is 96.8 Å². The van der Waals surface area contributed by atoms with Crippen LogP contribution in [0.2, 0.25) is 0 Å². The smallest absolute Gasteiger partial charge is 0.144 e. The topological polar surface area (TPSA) is 33.0 Å². The van der Waals surface area contributed by atoms with Crippen LogP contribution in [0.3, 0.4) is 0 Å². The fourth-order valence-electron chi connectivity index (χ4n) is 4.44. The van der Waals surface area contributed by atoms with Crippen LogP contribution in [-0.2, 0) is 0 Å². The van der Waals surface area contributed by atoms with Crippen LogP contribution in [0.5, 0.6) is 5.75 Å². The van der Waals surface area contributed by atoms with Gasteiger partial charge in [0, 0.05) is 6.07 Å². The first kappa shape index (κ1) is 22.7. The molecule has 3 heteroatoms. The molecule has 0 N–H and O–H groups in total. The Morgan fingerprint density at radius 2 is 1.54 bits per heavy atom. The second-order valence-corrected chi connectivity index (χ2v) is 8.54. The average molecular weight is 388 g/mol. The summed E-state index contributed by atoms with van der Waals surface area (Å²) in [5.74, 6) is 1.82. The van der Waals surface area contributed by atoms with E-state index in [2.05, 4.69) is 6.92 Å². The number of benzene rings is 1. The molecule has 1 aromatic rings. The molecule has 0 saturated heterocycles. The summed E-state index contributed by atoms with van der Waals surface area (Å²) >= 11 is 0. The zero-order chi connectivity index (χ0) is 20.0. The maximum atomic E-state index is 13.6. The van der Waals surface area contributed by atoms with Crippen LogP contribution in [-0.4, -0.2) is 6.61 Å². The minimum absolute atomic E-state index is 0.0700.